The van der Waals surface area contributed by atoms with E-state index >= 15 is 0 Å². The number of nitrogens with one attached hydrogen (secondary N) is 1. The first-order valence-corrected chi connectivity index (χ1v) is 11.3. The van der Waals surface area contributed by atoms with Crippen LogP contribution in [-0.4, -0.2) is 44.9 Å². The predicted molar refractivity (Wildman–Crippen MR) is 112 cm³/mol. The van der Waals surface area contributed by atoms with Gasteiger partial charge < -0.3 is 10.1 Å². The Morgan fingerprint density at radius 3 is 2.41 bits per heavy atom. The van der Waals surface area contributed by atoms with Crippen LogP contribution < -0.4 is 5.32 Å². The van der Waals surface area contributed by atoms with Crippen LogP contribution in [0.3, 0.4) is 0 Å². The molecule has 1 aliphatic heterocycles. The summed E-state index contributed by atoms with van der Waals surface area (Å²) < 4.78 is 32.5. The molecular weight excluding hydrogens is 388 g/mol. The second-order valence-electron chi connectivity index (χ2n) is 7.28. The molecule has 1 heterocycles. The zero-order chi connectivity index (χ0) is 21.0. The van der Waals surface area contributed by atoms with Crippen LogP contribution in [0.25, 0.3) is 0 Å². The molecule has 2 aromatic rings. The fourth-order valence-electron chi connectivity index (χ4n) is 3.34. The van der Waals surface area contributed by atoms with Crippen molar-refractivity contribution in [3.63, 3.8) is 0 Å². The first-order chi connectivity index (χ1) is 13.8. The average Bonchev–Trinajstić information content (AvgIpc) is 2.74. The Morgan fingerprint density at radius 1 is 1.14 bits per heavy atom. The number of benzene rings is 2. The predicted octanol–water partition coefficient (Wildman–Crippen LogP) is 3.07. The van der Waals surface area contributed by atoms with Gasteiger partial charge in [0.05, 0.1) is 24.2 Å². The van der Waals surface area contributed by atoms with E-state index in [-0.39, 0.29) is 16.8 Å². The molecule has 1 unspecified atom stereocenters. The number of morpholine rings is 1. The van der Waals surface area contributed by atoms with Gasteiger partial charge in [-0.2, -0.15) is 4.31 Å². The third kappa shape index (κ3) is 4.86. The summed E-state index contributed by atoms with van der Waals surface area (Å²) >= 11 is 0. The molecule has 7 heteroatoms. The van der Waals surface area contributed by atoms with Crippen LogP contribution in [0.15, 0.2) is 47.4 Å². The number of amides is 1. The summed E-state index contributed by atoms with van der Waals surface area (Å²) in [4.78, 5) is 13.0. The van der Waals surface area contributed by atoms with Gasteiger partial charge in [0.2, 0.25) is 10.0 Å². The van der Waals surface area contributed by atoms with Crippen LogP contribution >= 0.6 is 0 Å². The fourth-order valence-corrected chi connectivity index (χ4v) is 4.78. The Balaban J connectivity index is 1.80. The van der Waals surface area contributed by atoms with Crippen molar-refractivity contribution in [2.45, 2.75) is 38.1 Å². The maximum absolute atomic E-state index is 12.9. The van der Waals surface area contributed by atoms with Gasteiger partial charge in [0.25, 0.3) is 5.91 Å². The molecule has 0 saturated carbocycles. The number of aryl methyl sites for hydroxylation is 2. The van der Waals surface area contributed by atoms with Crippen molar-refractivity contribution in [1.29, 1.82) is 0 Å². The van der Waals surface area contributed by atoms with E-state index in [0.717, 1.165) is 17.5 Å². The SMILES string of the molecule is CCc1ccc(C(C)NC(=O)c2cc(S(=O)(=O)N3CCOCC3)ccc2C)cc1. The highest BCUT2D eigenvalue weighted by atomic mass is 32.2. The minimum absolute atomic E-state index is 0.134. The van der Waals surface area contributed by atoms with Crippen molar-refractivity contribution in [2.75, 3.05) is 26.3 Å². The lowest BCUT2D eigenvalue weighted by atomic mass is 10.0. The van der Waals surface area contributed by atoms with E-state index in [2.05, 4.69) is 24.4 Å². The largest absolute Gasteiger partial charge is 0.379 e. The highest BCUT2D eigenvalue weighted by Crippen LogP contribution is 2.22. The molecule has 1 atom stereocenters. The number of sulfonamides is 1. The van der Waals surface area contributed by atoms with Gasteiger partial charge in [-0.1, -0.05) is 37.3 Å². The Bertz CT molecular complexity index is 965. The van der Waals surface area contributed by atoms with Crippen molar-refractivity contribution in [3.05, 3.63) is 64.7 Å². The lowest BCUT2D eigenvalue weighted by Crippen LogP contribution is -2.40. The summed E-state index contributed by atoms with van der Waals surface area (Å²) in [6, 6.07) is 12.7. The maximum Gasteiger partial charge on any atom is 0.252 e. The van der Waals surface area contributed by atoms with Gasteiger partial charge in [0.15, 0.2) is 0 Å². The Kier molecular flexibility index (Phi) is 6.72. The number of hydrogen-bond acceptors (Lipinski definition) is 4. The van der Waals surface area contributed by atoms with Crippen LogP contribution in [0.2, 0.25) is 0 Å². The molecule has 0 aliphatic carbocycles. The minimum atomic E-state index is -3.65. The van der Waals surface area contributed by atoms with Gasteiger partial charge in [-0.25, -0.2) is 8.42 Å². The van der Waals surface area contributed by atoms with Crippen LogP contribution in [0.5, 0.6) is 0 Å². The number of carbonyl (C=O) groups excluding carboxylic acids is 1. The first kappa shape index (κ1) is 21.5. The topological polar surface area (TPSA) is 75.7 Å². The Labute approximate surface area is 172 Å². The lowest BCUT2D eigenvalue weighted by Gasteiger charge is -2.26. The molecule has 0 aromatic heterocycles. The third-order valence-electron chi connectivity index (χ3n) is 5.30. The standard InChI is InChI=1S/C22H28N2O4S/c1-4-18-6-8-19(9-7-18)17(3)23-22(25)21-15-20(10-5-16(21)2)29(26,27)24-11-13-28-14-12-24/h5-10,15,17H,4,11-14H2,1-3H3,(H,23,25). The molecule has 6 nitrogen and oxygen atoms in total. The van der Waals surface area contributed by atoms with Gasteiger partial charge in [0, 0.05) is 18.7 Å². The molecule has 1 N–H and O–H groups in total. The highest BCUT2D eigenvalue weighted by Gasteiger charge is 2.27. The van der Waals surface area contributed by atoms with Gasteiger partial charge >= 0.3 is 0 Å². The molecule has 2 aromatic carbocycles. The molecule has 1 fully saturated rings. The lowest BCUT2D eigenvalue weighted by molar-refractivity contribution is 0.0730. The summed E-state index contributed by atoms with van der Waals surface area (Å²) in [5.41, 5.74) is 3.35. The normalized spacial score (nSPS) is 16.4. The van der Waals surface area contributed by atoms with E-state index in [1.165, 1.54) is 15.9 Å². The summed E-state index contributed by atoms with van der Waals surface area (Å²) in [5.74, 6) is -0.284. The molecule has 3 rings (SSSR count). The second-order valence-corrected chi connectivity index (χ2v) is 9.22. The number of nitrogens with zero attached hydrogens (tertiary/aromatic N) is 1. The van der Waals surface area contributed by atoms with Crippen LogP contribution in [0.1, 0.15) is 46.9 Å². The monoisotopic (exact) mass is 416 g/mol. The Hall–Kier alpha value is -2.22. The van der Waals surface area contributed by atoms with Crippen LogP contribution in [0.4, 0.5) is 0 Å². The summed E-state index contributed by atoms with van der Waals surface area (Å²) in [6.45, 7) is 7.23. The zero-order valence-electron chi connectivity index (χ0n) is 17.1. The van der Waals surface area contributed by atoms with Crippen molar-refractivity contribution < 1.29 is 17.9 Å². The minimum Gasteiger partial charge on any atom is -0.379 e. The van der Waals surface area contributed by atoms with E-state index in [4.69, 9.17) is 4.74 Å². The molecule has 29 heavy (non-hydrogen) atoms. The highest BCUT2D eigenvalue weighted by molar-refractivity contribution is 7.89. The Morgan fingerprint density at radius 2 is 1.79 bits per heavy atom. The number of carbonyl (C=O) groups is 1. The van der Waals surface area contributed by atoms with E-state index in [0.29, 0.717) is 31.9 Å². The first-order valence-electron chi connectivity index (χ1n) is 9.91. The van der Waals surface area contributed by atoms with E-state index in [9.17, 15) is 13.2 Å². The summed E-state index contributed by atoms with van der Waals surface area (Å²) in [6.07, 6.45) is 0.963. The van der Waals surface area contributed by atoms with Crippen LogP contribution in [0, 0.1) is 6.92 Å². The van der Waals surface area contributed by atoms with Gasteiger partial charge in [-0.05, 0) is 49.1 Å². The number of hydrogen-bond donors (Lipinski definition) is 1. The molecule has 156 valence electrons. The van der Waals surface area contributed by atoms with Gasteiger partial charge in [-0.3, -0.25) is 4.79 Å². The molecule has 1 saturated heterocycles. The third-order valence-corrected chi connectivity index (χ3v) is 7.19. The summed E-state index contributed by atoms with van der Waals surface area (Å²) in [7, 11) is -3.65. The zero-order valence-corrected chi connectivity index (χ0v) is 18.0. The van der Waals surface area contributed by atoms with Crippen molar-refractivity contribution in [1.82, 2.24) is 9.62 Å². The van der Waals surface area contributed by atoms with Gasteiger partial charge in [0.1, 0.15) is 0 Å². The molecule has 1 amide bonds. The van der Waals surface area contributed by atoms with Crippen molar-refractivity contribution in [3.8, 4) is 0 Å². The molecule has 0 radical (unpaired) electrons. The van der Waals surface area contributed by atoms with E-state index < -0.39 is 10.0 Å². The smallest absolute Gasteiger partial charge is 0.252 e. The van der Waals surface area contributed by atoms with E-state index in [1.807, 2.05) is 19.1 Å². The number of rotatable bonds is 6. The quantitative estimate of drug-likeness (QED) is 0.785. The van der Waals surface area contributed by atoms with Crippen molar-refractivity contribution in [2.24, 2.45) is 0 Å². The summed E-state index contributed by atoms with van der Waals surface area (Å²) in [5, 5.41) is 2.98. The van der Waals surface area contributed by atoms with E-state index in [1.54, 1.807) is 19.1 Å². The molecule has 0 bridgehead atoms. The van der Waals surface area contributed by atoms with Crippen molar-refractivity contribution >= 4 is 15.9 Å². The second kappa shape index (κ2) is 9.07. The fraction of sp³-hybridized carbons (Fsp3) is 0.409. The number of ether oxygens (including phenoxy) is 1. The van der Waals surface area contributed by atoms with Gasteiger partial charge in [-0.15, -0.1) is 0 Å². The molecular formula is C22H28N2O4S. The molecule has 1 aliphatic rings. The maximum atomic E-state index is 12.9. The molecule has 0 spiro atoms. The van der Waals surface area contributed by atoms with Crippen LogP contribution in [-0.2, 0) is 21.2 Å². The average molecular weight is 417 g/mol.